The quantitative estimate of drug-likeness (QED) is 0.501. The third kappa shape index (κ3) is 0.805. The van der Waals surface area contributed by atoms with E-state index in [0.29, 0.717) is 5.75 Å². The molecule has 3 aliphatic carbocycles. The Bertz CT molecular complexity index is 603. The number of phenols is 1. The van der Waals surface area contributed by atoms with E-state index in [9.17, 15) is 5.11 Å². The van der Waals surface area contributed by atoms with E-state index in [4.69, 9.17) is 0 Å². The van der Waals surface area contributed by atoms with Crippen LogP contribution >= 0.6 is 0 Å². The molecule has 3 heteroatoms. The molecule has 0 atom stereocenters. The van der Waals surface area contributed by atoms with Crippen molar-refractivity contribution in [1.29, 1.82) is 0 Å². The van der Waals surface area contributed by atoms with Crippen molar-refractivity contribution in [3.8, 4) is 5.75 Å². The third-order valence-electron chi connectivity index (χ3n) is 7.75. The Labute approximate surface area is 119 Å². The van der Waals surface area contributed by atoms with Crippen molar-refractivity contribution in [2.24, 2.45) is 28.7 Å². The third-order valence-corrected chi connectivity index (χ3v) is 15.0. The molecule has 1 aromatic carbocycles. The van der Waals surface area contributed by atoms with Crippen LogP contribution in [-0.2, 0) is 0 Å². The van der Waals surface area contributed by atoms with Gasteiger partial charge in [0.2, 0.25) is 0 Å². The predicted molar refractivity (Wildman–Crippen MR) is 81.0 cm³/mol. The van der Waals surface area contributed by atoms with E-state index >= 15 is 0 Å². The number of aliphatic imine (C=N–C) groups is 1. The summed E-state index contributed by atoms with van der Waals surface area (Å²) in [5, 5.41) is 9.68. The average molecular weight is 281 g/mol. The van der Waals surface area contributed by atoms with Gasteiger partial charge in [-0.2, -0.15) is 0 Å². The molecule has 2 nitrogen and oxygen atoms in total. The minimum atomic E-state index is -0.674. The first-order chi connectivity index (χ1) is 9.86. The number of nitrogens with zero attached hydrogens (tertiary/aromatic N) is 1. The van der Waals surface area contributed by atoms with Crippen LogP contribution in [0.1, 0.15) is 12.0 Å². The summed E-state index contributed by atoms with van der Waals surface area (Å²) in [6.45, 7) is 0.957. The Morgan fingerprint density at radius 3 is 2.45 bits per heavy atom. The number of hydrogen-bond donors (Lipinski definition) is 1. The van der Waals surface area contributed by atoms with Crippen LogP contribution < -0.4 is 0 Å². The molecule has 0 radical (unpaired) electrons. The van der Waals surface area contributed by atoms with Crippen molar-refractivity contribution < 1.29 is 5.11 Å². The van der Waals surface area contributed by atoms with E-state index in [1.54, 1.807) is 12.1 Å². The van der Waals surface area contributed by atoms with Crippen LogP contribution in [0.4, 0.5) is 0 Å². The van der Waals surface area contributed by atoms with Crippen LogP contribution in [0.25, 0.3) is 0 Å². The largest absolute Gasteiger partial charge is 0.507 e. The molecule has 6 aliphatic rings. The van der Waals surface area contributed by atoms with Crippen LogP contribution in [0.3, 0.4) is 0 Å². The van der Waals surface area contributed by atoms with Gasteiger partial charge in [-0.1, -0.05) is 18.2 Å². The molecule has 0 spiro atoms. The number of aromatic hydroxyl groups is 1. The standard InChI is InChI=1S/C17H19NOSi/c19-10-5-2-1-4-9(10)8-18-6-3-7-20-15-12-11-13(15)17(20)14(11)16(12)20/h1-2,4-5,8,11-17,19H,3,6-7H2. The lowest BCUT2D eigenvalue weighted by atomic mass is 9.32. The number of rotatable bonds is 5. The molecule has 1 aromatic rings. The van der Waals surface area contributed by atoms with Crippen LogP contribution in [0, 0.1) is 23.7 Å². The molecule has 3 saturated heterocycles. The van der Waals surface area contributed by atoms with Gasteiger partial charge in [-0.25, -0.2) is 0 Å². The van der Waals surface area contributed by atoms with Crippen LogP contribution in [-0.4, -0.2) is 25.9 Å². The summed E-state index contributed by atoms with van der Waals surface area (Å²) in [7, 11) is -0.674. The maximum absolute atomic E-state index is 9.68. The molecule has 0 aromatic heterocycles. The highest BCUT2D eigenvalue weighted by Gasteiger charge is 3.04. The summed E-state index contributed by atoms with van der Waals surface area (Å²) >= 11 is 0. The van der Waals surface area contributed by atoms with Gasteiger partial charge in [0.25, 0.3) is 0 Å². The summed E-state index contributed by atoms with van der Waals surface area (Å²) in [6.07, 6.45) is 3.15. The first-order valence-electron chi connectivity index (χ1n) is 8.13. The molecule has 102 valence electrons. The Balaban J connectivity index is 1.07. The van der Waals surface area contributed by atoms with Crippen LogP contribution in [0.15, 0.2) is 29.3 Å². The van der Waals surface area contributed by atoms with Gasteiger partial charge in [0.15, 0.2) is 0 Å². The Morgan fingerprint density at radius 1 is 1.05 bits per heavy atom. The van der Waals surface area contributed by atoms with E-state index in [0.717, 1.165) is 12.1 Å². The molecule has 6 fully saturated rings. The lowest BCUT2D eigenvalue weighted by molar-refractivity contribution is -0.293. The summed E-state index contributed by atoms with van der Waals surface area (Å²) in [5.41, 5.74) is 4.79. The monoisotopic (exact) mass is 281 g/mol. The minimum Gasteiger partial charge on any atom is -0.507 e. The zero-order valence-corrected chi connectivity index (χ0v) is 12.4. The van der Waals surface area contributed by atoms with Gasteiger partial charge in [-0.3, -0.25) is 4.99 Å². The molecule has 0 bridgehead atoms. The van der Waals surface area contributed by atoms with Gasteiger partial charge in [0, 0.05) is 18.3 Å². The van der Waals surface area contributed by atoms with Gasteiger partial charge in [-0.15, -0.1) is 0 Å². The molecule has 3 heterocycles. The second-order valence-electron chi connectivity index (χ2n) is 7.70. The van der Waals surface area contributed by atoms with E-state index in [2.05, 4.69) is 4.99 Å². The lowest BCUT2D eigenvalue weighted by Gasteiger charge is -3.07. The summed E-state index contributed by atoms with van der Waals surface area (Å²) in [4.78, 5) is 4.53. The number of para-hydroxylation sites is 1. The van der Waals surface area contributed by atoms with E-state index < -0.39 is 8.07 Å². The highest BCUT2D eigenvalue weighted by Crippen LogP contribution is 3.09. The van der Waals surface area contributed by atoms with Crippen molar-refractivity contribution >= 4 is 14.3 Å². The first-order valence-corrected chi connectivity index (χ1v) is 10.6. The zero-order valence-electron chi connectivity index (χ0n) is 11.4. The topological polar surface area (TPSA) is 32.6 Å². The molecule has 3 saturated carbocycles. The lowest BCUT2D eigenvalue weighted by Crippen LogP contribution is -3.03. The Morgan fingerprint density at radius 2 is 1.75 bits per heavy atom. The summed E-state index contributed by atoms with van der Waals surface area (Å²) in [5.74, 6) is 5.42. The Kier molecular flexibility index (Phi) is 1.62. The highest BCUT2D eigenvalue weighted by atomic mass is 28.3. The molecule has 20 heavy (non-hydrogen) atoms. The molecule has 0 amide bonds. The van der Waals surface area contributed by atoms with Crippen molar-refractivity contribution in [1.82, 2.24) is 0 Å². The summed E-state index contributed by atoms with van der Waals surface area (Å²) in [6, 6.07) is 9.02. The molecule has 3 aliphatic heterocycles. The fourth-order valence-electron chi connectivity index (χ4n) is 7.41. The molecule has 0 unspecified atom stereocenters. The molecular formula is C17H19NOSi. The second kappa shape index (κ2) is 3.06. The van der Waals surface area contributed by atoms with Crippen LogP contribution in [0.5, 0.6) is 5.75 Å². The van der Waals surface area contributed by atoms with Crippen molar-refractivity contribution in [3.05, 3.63) is 29.8 Å². The Hall–Kier alpha value is -1.09. The number of phenolic OH excluding ortho intramolecular Hbond substituents is 1. The van der Waals surface area contributed by atoms with Gasteiger partial charge >= 0.3 is 0 Å². The van der Waals surface area contributed by atoms with Gasteiger partial charge < -0.3 is 5.11 Å². The number of benzene rings is 1. The molecular weight excluding hydrogens is 262 g/mol. The SMILES string of the molecule is Oc1ccccc1C=NCCC[Si]12C3C4C5C3C1C5C42. The van der Waals surface area contributed by atoms with Gasteiger partial charge in [0.05, 0.1) is 8.07 Å². The zero-order chi connectivity index (χ0) is 13.1. The summed E-state index contributed by atoms with van der Waals surface area (Å²) < 4.78 is 0. The van der Waals surface area contributed by atoms with E-state index in [1.165, 1.54) is 46.7 Å². The van der Waals surface area contributed by atoms with Crippen molar-refractivity contribution in [2.45, 2.75) is 29.1 Å². The highest BCUT2D eigenvalue weighted by molar-refractivity contribution is 6.94. The maximum atomic E-state index is 9.68. The number of hydrogen-bond acceptors (Lipinski definition) is 2. The van der Waals surface area contributed by atoms with Gasteiger partial charge in [-0.05, 0) is 58.8 Å². The second-order valence-corrected chi connectivity index (χ2v) is 12.4. The van der Waals surface area contributed by atoms with Gasteiger partial charge in [0.1, 0.15) is 5.75 Å². The fourth-order valence-corrected chi connectivity index (χ4v) is 16.4. The van der Waals surface area contributed by atoms with Crippen LogP contribution in [0.2, 0.25) is 22.7 Å². The van der Waals surface area contributed by atoms with E-state index in [1.807, 2.05) is 24.4 Å². The van der Waals surface area contributed by atoms with Crippen molar-refractivity contribution in [3.63, 3.8) is 0 Å². The predicted octanol–water partition coefficient (Wildman–Crippen LogP) is 3.29. The van der Waals surface area contributed by atoms with E-state index in [-0.39, 0.29) is 0 Å². The fraction of sp³-hybridized carbons (Fsp3) is 0.588. The maximum Gasteiger partial charge on any atom is 0.124 e. The first kappa shape index (κ1) is 10.6. The molecule has 7 rings (SSSR count). The van der Waals surface area contributed by atoms with Crippen molar-refractivity contribution in [2.75, 3.05) is 6.54 Å². The minimum absolute atomic E-state index is 0.340. The average Bonchev–Trinajstić information content (AvgIpc) is 2.49. The smallest absolute Gasteiger partial charge is 0.124 e. The molecule has 1 N–H and O–H groups in total. The normalized spacial score (nSPS) is 54.3.